The van der Waals surface area contributed by atoms with Gasteiger partial charge in [0.1, 0.15) is 5.75 Å². The molecule has 2 N–H and O–H groups in total. The lowest BCUT2D eigenvalue weighted by molar-refractivity contribution is -0.126. The summed E-state index contributed by atoms with van der Waals surface area (Å²) in [7, 11) is 0. The minimum atomic E-state index is 0.129. The molecule has 0 radical (unpaired) electrons. The van der Waals surface area contributed by atoms with Crippen LogP contribution in [0.15, 0.2) is 18.2 Å². The van der Waals surface area contributed by atoms with Crippen LogP contribution in [0.1, 0.15) is 37.3 Å². The molecule has 0 aromatic heterocycles. The van der Waals surface area contributed by atoms with E-state index in [1.54, 1.807) is 0 Å². The van der Waals surface area contributed by atoms with Crippen molar-refractivity contribution in [1.82, 2.24) is 10.6 Å². The SMILES string of the molecule is CCCCCOc1cc(C)ccc1CNC(=O)C1CNC1. The molecule has 0 atom stereocenters. The maximum Gasteiger partial charge on any atom is 0.225 e. The third-order valence-corrected chi connectivity index (χ3v) is 3.83. The van der Waals surface area contributed by atoms with Crippen LogP contribution in [-0.4, -0.2) is 25.6 Å². The van der Waals surface area contributed by atoms with Crippen molar-refractivity contribution in [1.29, 1.82) is 0 Å². The molecule has 0 saturated carbocycles. The average molecular weight is 290 g/mol. The van der Waals surface area contributed by atoms with Gasteiger partial charge in [-0.25, -0.2) is 0 Å². The number of unbranched alkanes of at least 4 members (excludes halogenated alkanes) is 2. The molecule has 0 spiro atoms. The molecule has 1 heterocycles. The summed E-state index contributed by atoms with van der Waals surface area (Å²) in [5.41, 5.74) is 2.23. The van der Waals surface area contributed by atoms with E-state index in [2.05, 4.69) is 36.6 Å². The number of carbonyl (C=O) groups is 1. The largest absolute Gasteiger partial charge is 0.493 e. The van der Waals surface area contributed by atoms with Crippen LogP contribution >= 0.6 is 0 Å². The standard InChI is InChI=1S/C17H26N2O2/c1-3-4-5-8-21-16-9-13(2)6-7-14(16)12-19-17(20)15-10-18-11-15/h6-7,9,15,18H,3-5,8,10-12H2,1-2H3,(H,19,20). The van der Waals surface area contributed by atoms with Gasteiger partial charge in [0.05, 0.1) is 12.5 Å². The van der Waals surface area contributed by atoms with Crippen molar-refractivity contribution in [3.8, 4) is 5.75 Å². The Labute approximate surface area is 127 Å². The normalized spacial score (nSPS) is 14.6. The molecule has 1 aromatic rings. The molecule has 1 saturated heterocycles. The molecule has 1 aromatic carbocycles. The monoisotopic (exact) mass is 290 g/mol. The van der Waals surface area contributed by atoms with Gasteiger partial charge in [0.15, 0.2) is 0 Å². The molecule has 0 unspecified atom stereocenters. The summed E-state index contributed by atoms with van der Waals surface area (Å²) in [6.45, 7) is 7.11. The Bertz CT molecular complexity index is 470. The number of nitrogens with one attached hydrogen (secondary N) is 2. The summed E-state index contributed by atoms with van der Waals surface area (Å²) in [5.74, 6) is 1.16. The van der Waals surface area contributed by atoms with Gasteiger partial charge < -0.3 is 15.4 Å². The predicted octanol–water partition coefficient (Wildman–Crippen LogP) is 2.40. The average Bonchev–Trinajstić information content (AvgIpc) is 2.41. The van der Waals surface area contributed by atoms with Gasteiger partial charge in [0.2, 0.25) is 5.91 Å². The summed E-state index contributed by atoms with van der Waals surface area (Å²) >= 11 is 0. The van der Waals surface area contributed by atoms with E-state index in [9.17, 15) is 4.79 Å². The zero-order valence-corrected chi connectivity index (χ0v) is 13.1. The zero-order valence-electron chi connectivity index (χ0n) is 13.1. The van der Waals surface area contributed by atoms with Crippen molar-refractivity contribution in [2.75, 3.05) is 19.7 Å². The van der Waals surface area contributed by atoms with Crippen LogP contribution in [0, 0.1) is 12.8 Å². The molecule has 4 heteroatoms. The van der Waals surface area contributed by atoms with E-state index in [-0.39, 0.29) is 11.8 Å². The van der Waals surface area contributed by atoms with Crippen molar-refractivity contribution >= 4 is 5.91 Å². The van der Waals surface area contributed by atoms with Gasteiger partial charge in [0.25, 0.3) is 0 Å². The van der Waals surface area contributed by atoms with E-state index in [1.807, 2.05) is 6.07 Å². The molecular formula is C17H26N2O2. The second kappa shape index (κ2) is 8.03. The van der Waals surface area contributed by atoms with Crippen molar-refractivity contribution in [3.63, 3.8) is 0 Å². The highest BCUT2D eigenvalue weighted by Crippen LogP contribution is 2.21. The topological polar surface area (TPSA) is 50.4 Å². The van der Waals surface area contributed by atoms with E-state index in [4.69, 9.17) is 4.74 Å². The lowest BCUT2D eigenvalue weighted by atomic mass is 10.0. The highest BCUT2D eigenvalue weighted by atomic mass is 16.5. The van der Waals surface area contributed by atoms with Crippen LogP contribution in [0.5, 0.6) is 5.75 Å². The van der Waals surface area contributed by atoms with Gasteiger partial charge in [-0.3, -0.25) is 4.79 Å². The first-order valence-corrected chi connectivity index (χ1v) is 7.91. The quantitative estimate of drug-likeness (QED) is 0.723. The number of hydrogen-bond acceptors (Lipinski definition) is 3. The Kier molecular flexibility index (Phi) is 6.05. The number of ether oxygens (including phenoxy) is 1. The Hall–Kier alpha value is -1.55. The zero-order chi connectivity index (χ0) is 15.1. The van der Waals surface area contributed by atoms with Crippen LogP contribution in [0.4, 0.5) is 0 Å². The van der Waals surface area contributed by atoms with Gasteiger partial charge in [-0.2, -0.15) is 0 Å². The summed E-state index contributed by atoms with van der Waals surface area (Å²) in [6, 6.07) is 6.16. The third-order valence-electron chi connectivity index (χ3n) is 3.83. The third kappa shape index (κ3) is 4.74. The van der Waals surface area contributed by atoms with Crippen molar-refractivity contribution in [2.24, 2.45) is 5.92 Å². The maximum absolute atomic E-state index is 11.9. The molecular weight excluding hydrogens is 264 g/mol. The van der Waals surface area contributed by atoms with Crippen LogP contribution in [-0.2, 0) is 11.3 Å². The smallest absolute Gasteiger partial charge is 0.225 e. The molecule has 0 bridgehead atoms. The number of amides is 1. The number of rotatable bonds is 8. The van der Waals surface area contributed by atoms with Gasteiger partial charge in [-0.1, -0.05) is 31.9 Å². The first kappa shape index (κ1) is 15.8. The van der Waals surface area contributed by atoms with Crippen molar-refractivity contribution in [2.45, 2.75) is 39.7 Å². The van der Waals surface area contributed by atoms with Gasteiger partial charge in [-0.05, 0) is 25.0 Å². The molecule has 1 fully saturated rings. The fourth-order valence-corrected chi connectivity index (χ4v) is 2.28. The van der Waals surface area contributed by atoms with E-state index < -0.39 is 0 Å². The van der Waals surface area contributed by atoms with Gasteiger partial charge >= 0.3 is 0 Å². The number of aryl methyl sites for hydroxylation is 1. The van der Waals surface area contributed by atoms with Crippen LogP contribution in [0.2, 0.25) is 0 Å². The Morgan fingerprint density at radius 3 is 2.86 bits per heavy atom. The lowest BCUT2D eigenvalue weighted by Crippen LogP contribution is -2.50. The second-order valence-corrected chi connectivity index (χ2v) is 5.74. The maximum atomic E-state index is 11.9. The molecule has 116 valence electrons. The fraction of sp³-hybridized carbons (Fsp3) is 0.588. The molecule has 1 amide bonds. The summed E-state index contributed by atoms with van der Waals surface area (Å²) in [5, 5.41) is 6.12. The number of hydrogen-bond donors (Lipinski definition) is 2. The van der Waals surface area contributed by atoms with E-state index in [0.29, 0.717) is 6.54 Å². The van der Waals surface area contributed by atoms with Crippen LogP contribution in [0.25, 0.3) is 0 Å². The minimum absolute atomic E-state index is 0.129. The first-order valence-electron chi connectivity index (χ1n) is 7.91. The van der Waals surface area contributed by atoms with E-state index in [1.165, 1.54) is 18.4 Å². The first-order chi connectivity index (χ1) is 10.2. The number of benzene rings is 1. The van der Waals surface area contributed by atoms with Gasteiger partial charge in [-0.15, -0.1) is 0 Å². The van der Waals surface area contributed by atoms with Crippen LogP contribution < -0.4 is 15.4 Å². The summed E-state index contributed by atoms with van der Waals surface area (Å²) in [6.07, 6.45) is 3.45. The lowest BCUT2D eigenvalue weighted by Gasteiger charge is -2.26. The Morgan fingerprint density at radius 1 is 1.38 bits per heavy atom. The fourth-order valence-electron chi connectivity index (χ4n) is 2.28. The molecule has 1 aliphatic rings. The molecule has 1 aliphatic heterocycles. The summed E-state index contributed by atoms with van der Waals surface area (Å²) < 4.78 is 5.89. The highest BCUT2D eigenvalue weighted by Gasteiger charge is 2.24. The Morgan fingerprint density at radius 2 is 2.19 bits per heavy atom. The predicted molar refractivity (Wildman–Crippen MR) is 84.4 cm³/mol. The Balaban J connectivity index is 1.89. The van der Waals surface area contributed by atoms with Gasteiger partial charge in [0, 0.05) is 25.2 Å². The van der Waals surface area contributed by atoms with Crippen molar-refractivity contribution < 1.29 is 9.53 Å². The summed E-state index contributed by atoms with van der Waals surface area (Å²) in [4.78, 5) is 11.9. The highest BCUT2D eigenvalue weighted by molar-refractivity contribution is 5.80. The molecule has 4 nitrogen and oxygen atoms in total. The van der Waals surface area contributed by atoms with E-state index >= 15 is 0 Å². The van der Waals surface area contributed by atoms with E-state index in [0.717, 1.165) is 37.4 Å². The number of carbonyl (C=O) groups excluding carboxylic acids is 1. The van der Waals surface area contributed by atoms with Crippen LogP contribution in [0.3, 0.4) is 0 Å². The second-order valence-electron chi connectivity index (χ2n) is 5.74. The molecule has 2 rings (SSSR count). The molecule has 21 heavy (non-hydrogen) atoms. The van der Waals surface area contributed by atoms with Crippen molar-refractivity contribution in [3.05, 3.63) is 29.3 Å². The minimum Gasteiger partial charge on any atom is -0.493 e. The molecule has 0 aliphatic carbocycles.